The number of fused-ring (bicyclic) bond motifs is 1. The van der Waals surface area contributed by atoms with Gasteiger partial charge in [-0.1, -0.05) is 28.1 Å². The van der Waals surface area contributed by atoms with Gasteiger partial charge in [-0.3, -0.25) is 0 Å². The van der Waals surface area contributed by atoms with E-state index in [9.17, 15) is 0 Å². The van der Waals surface area contributed by atoms with E-state index in [1.807, 2.05) is 48.7 Å². The Bertz CT molecular complexity index is 827. The molecular weight excluding hydrogens is 314 g/mol. The third-order valence-electron chi connectivity index (χ3n) is 3.38. The number of rotatable bonds is 2. The fraction of sp³-hybridized carbons (Fsp3) is 0.0625. The maximum atomic E-state index is 9.12. The minimum atomic E-state index is 0.692. The lowest BCUT2D eigenvalue weighted by atomic mass is 10.1. The summed E-state index contributed by atoms with van der Waals surface area (Å²) in [6, 6.07) is 15.9. The van der Waals surface area contributed by atoms with Crippen molar-refractivity contribution in [2.45, 2.75) is 6.54 Å². The number of benzene rings is 2. The van der Waals surface area contributed by atoms with Crippen LogP contribution >= 0.6 is 15.9 Å². The first-order valence-electron chi connectivity index (χ1n) is 6.21. The van der Waals surface area contributed by atoms with E-state index in [2.05, 4.69) is 26.6 Å². The van der Waals surface area contributed by atoms with Crippen LogP contribution in [0.1, 0.15) is 11.1 Å². The Hall–Kier alpha value is -2.25. The van der Waals surface area contributed by atoms with Gasteiger partial charge in [-0.05, 0) is 35.9 Å². The summed E-state index contributed by atoms with van der Waals surface area (Å²) in [5, 5.41) is 10.1. The Balaban J connectivity index is 2.06. The Kier molecular flexibility index (Phi) is 3.21. The van der Waals surface area contributed by atoms with Crippen LogP contribution in [0.4, 0.5) is 5.69 Å². The molecule has 0 fully saturated rings. The summed E-state index contributed by atoms with van der Waals surface area (Å²) in [7, 11) is 0. The monoisotopic (exact) mass is 325 g/mol. The van der Waals surface area contributed by atoms with Crippen LogP contribution in [-0.4, -0.2) is 4.57 Å². The van der Waals surface area contributed by atoms with Gasteiger partial charge in [0.1, 0.15) is 0 Å². The Morgan fingerprint density at radius 1 is 1.20 bits per heavy atom. The first-order chi connectivity index (χ1) is 9.69. The lowest BCUT2D eigenvalue weighted by Gasteiger charge is -2.09. The first-order valence-corrected chi connectivity index (χ1v) is 7.00. The molecule has 0 aliphatic heterocycles. The molecule has 3 aromatic rings. The Labute approximate surface area is 125 Å². The number of aromatic nitrogens is 1. The van der Waals surface area contributed by atoms with Crippen molar-refractivity contribution in [1.29, 1.82) is 5.26 Å². The van der Waals surface area contributed by atoms with Crippen molar-refractivity contribution < 1.29 is 0 Å². The van der Waals surface area contributed by atoms with Gasteiger partial charge >= 0.3 is 0 Å². The number of nitrogens with two attached hydrogens (primary N) is 1. The van der Waals surface area contributed by atoms with E-state index in [1.54, 1.807) is 0 Å². The quantitative estimate of drug-likeness (QED) is 0.726. The average Bonchev–Trinajstić information content (AvgIpc) is 2.85. The maximum Gasteiger partial charge on any atom is 0.0998 e. The summed E-state index contributed by atoms with van der Waals surface area (Å²) >= 11 is 3.41. The van der Waals surface area contributed by atoms with Crippen molar-refractivity contribution in [1.82, 2.24) is 4.57 Å². The molecule has 3 rings (SSSR count). The van der Waals surface area contributed by atoms with Crippen molar-refractivity contribution in [3.8, 4) is 6.07 Å². The van der Waals surface area contributed by atoms with Gasteiger partial charge in [-0.2, -0.15) is 5.26 Å². The van der Waals surface area contributed by atoms with Gasteiger partial charge in [0.05, 0.1) is 11.6 Å². The van der Waals surface area contributed by atoms with E-state index >= 15 is 0 Å². The zero-order valence-corrected chi connectivity index (χ0v) is 12.3. The molecular formula is C16H12BrN3. The molecule has 0 unspecified atom stereocenters. The van der Waals surface area contributed by atoms with E-state index < -0.39 is 0 Å². The number of nitrogen functional groups attached to an aromatic ring is 1. The van der Waals surface area contributed by atoms with Crippen LogP contribution in [0.3, 0.4) is 0 Å². The number of hydrogen-bond acceptors (Lipinski definition) is 2. The van der Waals surface area contributed by atoms with Gasteiger partial charge in [0.2, 0.25) is 0 Å². The first kappa shape index (κ1) is 12.8. The van der Waals surface area contributed by atoms with E-state index in [0.717, 1.165) is 26.6 Å². The molecule has 20 heavy (non-hydrogen) atoms. The minimum Gasteiger partial charge on any atom is -0.398 e. The van der Waals surface area contributed by atoms with E-state index in [-0.39, 0.29) is 0 Å². The minimum absolute atomic E-state index is 0.692. The zero-order valence-electron chi connectivity index (χ0n) is 10.7. The lowest BCUT2D eigenvalue weighted by Crippen LogP contribution is -2.01. The van der Waals surface area contributed by atoms with Crippen molar-refractivity contribution in [2.24, 2.45) is 0 Å². The second-order valence-corrected chi connectivity index (χ2v) is 5.55. The molecule has 2 N–H and O–H groups in total. The van der Waals surface area contributed by atoms with Crippen LogP contribution in [0.2, 0.25) is 0 Å². The van der Waals surface area contributed by atoms with Crippen molar-refractivity contribution in [3.05, 3.63) is 64.3 Å². The van der Waals surface area contributed by atoms with Crippen LogP contribution < -0.4 is 5.73 Å². The largest absolute Gasteiger partial charge is 0.398 e. The molecule has 3 nitrogen and oxygen atoms in total. The summed E-state index contributed by atoms with van der Waals surface area (Å²) in [5.74, 6) is 0. The highest BCUT2D eigenvalue weighted by atomic mass is 79.9. The maximum absolute atomic E-state index is 9.12. The zero-order chi connectivity index (χ0) is 14.1. The van der Waals surface area contributed by atoms with E-state index in [0.29, 0.717) is 12.1 Å². The molecule has 0 aliphatic rings. The van der Waals surface area contributed by atoms with Gasteiger partial charge in [0.25, 0.3) is 0 Å². The number of anilines is 1. The van der Waals surface area contributed by atoms with Gasteiger partial charge in [-0.25, -0.2) is 0 Å². The number of nitriles is 1. The van der Waals surface area contributed by atoms with Crippen molar-refractivity contribution in [3.63, 3.8) is 0 Å². The van der Waals surface area contributed by atoms with Crippen LogP contribution in [-0.2, 0) is 6.54 Å². The molecule has 0 spiro atoms. The Morgan fingerprint density at radius 3 is 2.80 bits per heavy atom. The summed E-state index contributed by atoms with van der Waals surface area (Å²) in [6.07, 6.45) is 1.99. The highest BCUT2D eigenvalue weighted by molar-refractivity contribution is 9.10. The molecule has 1 aromatic heterocycles. The summed E-state index contributed by atoms with van der Waals surface area (Å²) in [6.45, 7) is 0.692. The predicted octanol–water partition coefficient (Wildman–Crippen LogP) is 3.91. The van der Waals surface area contributed by atoms with Crippen molar-refractivity contribution >= 4 is 32.5 Å². The third-order valence-corrected chi connectivity index (χ3v) is 3.88. The second kappa shape index (κ2) is 5.03. The standard InChI is InChI=1S/C16H12BrN3/c17-13-5-4-12(15(19)8-13)10-20-7-6-14-11(9-18)2-1-3-16(14)20/h1-8H,10,19H2. The van der Waals surface area contributed by atoms with Crippen LogP contribution in [0, 0.1) is 11.3 Å². The van der Waals surface area contributed by atoms with Gasteiger partial charge in [0, 0.05) is 33.8 Å². The molecule has 0 saturated carbocycles. The fourth-order valence-corrected chi connectivity index (χ4v) is 2.73. The molecule has 2 aromatic carbocycles. The lowest BCUT2D eigenvalue weighted by molar-refractivity contribution is 0.839. The van der Waals surface area contributed by atoms with Crippen molar-refractivity contribution in [2.75, 3.05) is 5.73 Å². The highest BCUT2D eigenvalue weighted by Gasteiger charge is 2.07. The smallest absolute Gasteiger partial charge is 0.0998 e. The Morgan fingerprint density at radius 2 is 2.05 bits per heavy atom. The molecule has 0 saturated heterocycles. The van der Waals surface area contributed by atoms with Crippen LogP contribution in [0.5, 0.6) is 0 Å². The number of hydrogen-bond donors (Lipinski definition) is 1. The molecule has 98 valence electrons. The summed E-state index contributed by atoms with van der Waals surface area (Å²) in [5.41, 5.74) is 9.61. The average molecular weight is 326 g/mol. The van der Waals surface area contributed by atoms with Gasteiger partial charge in [0.15, 0.2) is 0 Å². The van der Waals surface area contributed by atoms with Crippen LogP contribution in [0.15, 0.2) is 53.1 Å². The van der Waals surface area contributed by atoms with E-state index in [1.165, 1.54) is 0 Å². The molecule has 0 bridgehead atoms. The predicted molar refractivity (Wildman–Crippen MR) is 84.3 cm³/mol. The summed E-state index contributed by atoms with van der Waals surface area (Å²) in [4.78, 5) is 0. The topological polar surface area (TPSA) is 54.7 Å². The summed E-state index contributed by atoms with van der Waals surface area (Å²) < 4.78 is 3.08. The van der Waals surface area contributed by atoms with E-state index in [4.69, 9.17) is 11.0 Å². The molecule has 4 heteroatoms. The normalized spacial score (nSPS) is 10.6. The van der Waals surface area contributed by atoms with Gasteiger partial charge < -0.3 is 10.3 Å². The highest BCUT2D eigenvalue weighted by Crippen LogP contribution is 2.24. The van der Waals surface area contributed by atoms with Crippen LogP contribution in [0.25, 0.3) is 10.9 Å². The second-order valence-electron chi connectivity index (χ2n) is 4.64. The van der Waals surface area contributed by atoms with Gasteiger partial charge in [-0.15, -0.1) is 0 Å². The molecule has 0 atom stereocenters. The molecule has 1 heterocycles. The number of halogens is 1. The molecule has 0 radical (unpaired) electrons. The fourth-order valence-electron chi connectivity index (χ4n) is 2.35. The third kappa shape index (κ3) is 2.17. The number of nitrogens with zero attached hydrogens (tertiary/aromatic N) is 2. The SMILES string of the molecule is N#Cc1cccc2c1ccn2Cc1ccc(Br)cc1N. The molecule has 0 amide bonds. The molecule has 0 aliphatic carbocycles.